The Balaban J connectivity index is 1.86. The average molecular weight is 1650 g/mol. The number of aromatic amines is 1. The molecule has 0 bridgehead atoms. The van der Waals surface area contributed by atoms with Crippen LogP contribution in [0.25, 0.3) is 10.9 Å². The second-order valence-electron chi connectivity index (χ2n) is 28.4. The van der Waals surface area contributed by atoms with Gasteiger partial charge in [0.1, 0.15) is 72.6 Å². The Labute approximate surface area is 670 Å². The van der Waals surface area contributed by atoms with Crippen LogP contribution in [0.3, 0.4) is 0 Å². The van der Waals surface area contributed by atoms with Gasteiger partial charge < -0.3 is 122 Å². The van der Waals surface area contributed by atoms with E-state index in [9.17, 15) is 121 Å². The topological polar surface area (TPSA) is 702 Å². The number of esters is 1. The third-order valence-corrected chi connectivity index (χ3v) is 18.3. The quantitative estimate of drug-likeness (QED) is 0.0112. The highest BCUT2D eigenvalue weighted by Crippen LogP contribution is 2.22. The van der Waals surface area contributed by atoms with Crippen LogP contribution in [0.4, 0.5) is 5.69 Å². The zero-order valence-corrected chi connectivity index (χ0v) is 65.2. The highest BCUT2D eigenvalue weighted by molar-refractivity contribution is 6.05. The summed E-state index contributed by atoms with van der Waals surface area (Å²) in [5.74, 6) is -29.2. The predicted molar refractivity (Wildman–Crippen MR) is 409 cm³/mol. The molecule has 14 amide bonds. The number of aromatic nitrogens is 1. The van der Waals surface area contributed by atoms with Gasteiger partial charge in [0.2, 0.25) is 82.7 Å². The number of primary amides is 1. The van der Waals surface area contributed by atoms with E-state index in [1.165, 1.54) is 24.3 Å². The number of cyclic esters (lactones) is 1. The Morgan fingerprint density at radius 3 is 1.68 bits per heavy atom. The molecule has 0 spiro atoms. The molecule has 4 rings (SSSR count). The van der Waals surface area contributed by atoms with Crippen LogP contribution in [0.1, 0.15) is 153 Å². The number of aliphatic carboxylic acids is 4. The number of carboxylic acids is 4. The van der Waals surface area contributed by atoms with Crippen LogP contribution in [0.2, 0.25) is 0 Å². The lowest BCUT2D eigenvalue weighted by molar-refractivity contribution is -0.156. The first-order valence-electron chi connectivity index (χ1n) is 37.7. The van der Waals surface area contributed by atoms with E-state index in [-0.39, 0.29) is 37.1 Å². The van der Waals surface area contributed by atoms with Crippen molar-refractivity contribution in [1.29, 1.82) is 0 Å². The summed E-state index contributed by atoms with van der Waals surface area (Å²) in [5.41, 5.74) is 18.1. The minimum absolute atomic E-state index is 0.0204. The van der Waals surface area contributed by atoms with Gasteiger partial charge in [-0.15, -0.1) is 0 Å². The van der Waals surface area contributed by atoms with E-state index in [1.807, 2.05) is 16.0 Å². The Bertz CT molecular complexity index is 4100. The molecule has 3 aromatic rings. The highest BCUT2D eigenvalue weighted by atomic mass is 16.5. The lowest BCUT2D eigenvalue weighted by atomic mass is 9.96. The van der Waals surface area contributed by atoms with E-state index < -0.39 is 261 Å². The maximum absolute atomic E-state index is 14.9. The van der Waals surface area contributed by atoms with Crippen molar-refractivity contribution in [2.45, 2.75) is 216 Å². The van der Waals surface area contributed by atoms with Gasteiger partial charge >= 0.3 is 29.8 Å². The van der Waals surface area contributed by atoms with Gasteiger partial charge in [-0.3, -0.25) is 91.1 Å². The Hall–Kier alpha value is -12.7. The van der Waals surface area contributed by atoms with Gasteiger partial charge in [0.25, 0.3) is 0 Å². The molecule has 13 atom stereocenters. The SMILES string of the molecule is CC(C)CCCCCCCCC(=O)N[C@@H](Cc1c[nH]c2ccccc12)C(=O)N[C@@H](CC(N)=O)C(=O)N[C@@H](CC(=O)O)C(=O)N[C@@H]1C(=O)NCC(=O)N[C@@H](CCCN)C(=O)N[C@H](CC(=O)O)C(=O)N[C@H](C)C(=O)N[C@@H](CC(=O)O)C(=O)NCC(=O)N[C@@H](CO)C(=O)N[C@@H]([C@H](C)CC(=O)O)C(=O)N[C@H](CC(=O)c2ccccc2N)C(=O)O[C@@H]1C. The summed E-state index contributed by atoms with van der Waals surface area (Å²) < 4.78 is 5.69. The van der Waals surface area contributed by atoms with Crippen LogP contribution >= 0.6 is 0 Å². The number of Topliss-reactive ketones (excluding diaryl/α,β-unsaturated/α-hetero) is 1. The van der Waals surface area contributed by atoms with Crippen molar-refractivity contribution in [3.05, 3.63) is 65.9 Å². The lowest BCUT2D eigenvalue weighted by Gasteiger charge is -2.30. The number of anilines is 1. The van der Waals surface area contributed by atoms with Crippen molar-refractivity contribution in [3.63, 3.8) is 0 Å². The summed E-state index contributed by atoms with van der Waals surface area (Å²) in [7, 11) is 0. The Morgan fingerprint density at radius 1 is 0.538 bits per heavy atom. The van der Waals surface area contributed by atoms with Crippen molar-refractivity contribution in [1.82, 2.24) is 74.1 Å². The molecular formula is C74H105N17O26. The number of carbonyl (C=O) groups excluding carboxylic acids is 16. The molecule has 642 valence electrons. The average Bonchev–Trinajstić information content (AvgIpc) is 1.69. The number of benzene rings is 2. The fraction of sp³-hybridized carbons (Fsp3) is 0.541. The van der Waals surface area contributed by atoms with Crippen molar-refractivity contribution >= 4 is 135 Å². The maximum atomic E-state index is 14.9. The van der Waals surface area contributed by atoms with Crippen molar-refractivity contribution in [3.8, 4) is 0 Å². The maximum Gasteiger partial charge on any atom is 0.329 e. The van der Waals surface area contributed by atoms with Crippen LogP contribution in [-0.4, -0.2) is 248 Å². The number of nitrogens with two attached hydrogens (primary N) is 3. The summed E-state index contributed by atoms with van der Waals surface area (Å²) >= 11 is 0. The first-order valence-corrected chi connectivity index (χ1v) is 37.7. The number of hydrogen-bond donors (Lipinski definition) is 22. The van der Waals surface area contributed by atoms with Crippen molar-refractivity contribution < 1.29 is 126 Å². The van der Waals surface area contributed by atoms with Gasteiger partial charge in [0.05, 0.1) is 51.8 Å². The number of ether oxygens (including phenoxy) is 1. The summed E-state index contributed by atoms with van der Waals surface area (Å²) in [6.45, 7) is 3.31. The van der Waals surface area contributed by atoms with Crippen LogP contribution in [0.15, 0.2) is 54.7 Å². The van der Waals surface area contributed by atoms with Gasteiger partial charge in [0, 0.05) is 47.6 Å². The number of carbonyl (C=O) groups is 20. The zero-order valence-electron chi connectivity index (χ0n) is 65.2. The van der Waals surface area contributed by atoms with Crippen LogP contribution in [-0.2, 0) is 102 Å². The van der Waals surface area contributed by atoms with E-state index >= 15 is 0 Å². The Kier molecular flexibility index (Phi) is 40.1. The summed E-state index contributed by atoms with van der Waals surface area (Å²) in [6, 6.07) is -10.5. The molecule has 1 aromatic heterocycles. The normalized spacial score (nSPS) is 21.1. The number of fused-ring (bicyclic) bond motifs is 1. The van der Waals surface area contributed by atoms with E-state index in [0.717, 1.165) is 52.9 Å². The van der Waals surface area contributed by atoms with Crippen LogP contribution in [0.5, 0.6) is 0 Å². The predicted octanol–water partition coefficient (Wildman–Crippen LogP) is -4.99. The van der Waals surface area contributed by atoms with Gasteiger partial charge in [-0.1, -0.05) is 89.6 Å². The van der Waals surface area contributed by atoms with E-state index in [1.54, 1.807) is 30.5 Å². The second kappa shape index (κ2) is 48.5. The van der Waals surface area contributed by atoms with E-state index in [0.29, 0.717) is 35.2 Å². The zero-order chi connectivity index (χ0) is 87.3. The summed E-state index contributed by atoms with van der Waals surface area (Å²) in [5, 5.41) is 78.7. The monoisotopic (exact) mass is 1650 g/mol. The molecular weight excluding hydrogens is 1540 g/mol. The highest BCUT2D eigenvalue weighted by Gasteiger charge is 2.41. The third kappa shape index (κ3) is 33.7. The van der Waals surface area contributed by atoms with E-state index in [2.05, 4.69) is 72.0 Å². The number of carboxylic acid groups (broad SMARTS) is 4. The Morgan fingerprint density at radius 2 is 1.08 bits per heavy atom. The van der Waals surface area contributed by atoms with Gasteiger partial charge in [-0.2, -0.15) is 0 Å². The summed E-state index contributed by atoms with van der Waals surface area (Å²) in [4.78, 5) is 276. The van der Waals surface area contributed by atoms with Gasteiger partial charge in [-0.25, -0.2) is 4.79 Å². The van der Waals surface area contributed by atoms with E-state index in [4.69, 9.17) is 21.9 Å². The molecule has 2 heterocycles. The molecule has 117 heavy (non-hydrogen) atoms. The first-order chi connectivity index (χ1) is 55.2. The first kappa shape index (κ1) is 96.7. The van der Waals surface area contributed by atoms with Crippen LogP contribution < -0.4 is 86.3 Å². The number of aliphatic hydroxyl groups excluding tert-OH is 1. The molecule has 2 aromatic carbocycles. The molecule has 0 saturated carbocycles. The number of aliphatic hydroxyl groups is 1. The molecule has 43 nitrogen and oxygen atoms in total. The van der Waals surface area contributed by atoms with Gasteiger partial charge in [-0.05, 0) is 75.3 Å². The van der Waals surface area contributed by atoms with Crippen molar-refractivity contribution in [2.75, 3.05) is 32.0 Å². The molecule has 1 aliphatic heterocycles. The molecule has 0 aliphatic carbocycles. The molecule has 25 N–H and O–H groups in total. The number of ketones is 1. The summed E-state index contributed by atoms with van der Waals surface area (Å²) in [6.07, 6.45) is -2.27. The number of amides is 14. The fourth-order valence-electron chi connectivity index (χ4n) is 12.0. The fourth-order valence-corrected chi connectivity index (χ4v) is 12.0. The molecule has 1 saturated heterocycles. The lowest BCUT2D eigenvalue weighted by Crippen LogP contribution is -2.62. The molecule has 43 heteroatoms. The number of rotatable bonds is 36. The van der Waals surface area contributed by atoms with Crippen molar-refractivity contribution in [2.24, 2.45) is 23.3 Å². The minimum Gasteiger partial charge on any atom is -0.481 e. The standard InChI is InChI=1S/C74H105N17O26/c1-36(2)17-10-8-6-7-9-11-23-55(95)83-46(26-40-32-78-44-21-15-13-18-41(40)44)68(110)86-47(28-54(77)94)69(111)88-50(31-61(104)105)70(112)91-63-39(5)117-74(116)51(27-53(93)42-19-12-14-20-43(42)76)89-73(115)62(37(3)25-58(98)99)90-71(113)52(35-92)84-57(97)33-79-65(107)48(29-59(100)101)85-64(106)38(4)81-67(109)49(30-60(102)103)87-66(108)45(22-16-24-75)82-56(96)34-80-72(63)114/h12-15,18-21,32,36-39,45-52,62-63,78,92H,6-11,16-17,22-31,33-35,75-76H2,1-5H3,(H2,77,94)(H,79,107)(H,80,114)(H,81,109)(H,82,96)(H,83,95)(H,84,97)(H,85,106)(H,86,110)(H,87,108)(H,88,111)(H,89,115)(H,90,113)(H,91,112)(H,98,99)(H,100,101)(H,102,103)(H,104,105)/t37-,38-,39-,45+,46+,47+,48+,49-,50+,51-,52+,62+,63+/m1/s1. The molecule has 1 aliphatic rings. The smallest absolute Gasteiger partial charge is 0.329 e. The van der Waals surface area contributed by atoms with Gasteiger partial charge in [0.15, 0.2) is 5.78 Å². The third-order valence-electron chi connectivity index (χ3n) is 18.3. The number of nitrogen functional groups attached to an aromatic ring is 1. The molecule has 0 unspecified atom stereocenters. The van der Waals surface area contributed by atoms with Crippen LogP contribution in [0, 0.1) is 11.8 Å². The minimum atomic E-state index is -2.45. The largest absolute Gasteiger partial charge is 0.481 e. The number of unbranched alkanes of at least 4 members (excludes halogenated alkanes) is 5. The number of nitrogens with one attached hydrogen (secondary N) is 14. The number of hydrogen-bond acceptors (Lipinski definition) is 24. The second-order valence-corrected chi connectivity index (χ2v) is 28.4. The number of para-hydroxylation sites is 2. The molecule has 0 radical (unpaired) electrons. The molecule has 1 fully saturated rings. The number of H-pyrrole nitrogens is 1.